The van der Waals surface area contributed by atoms with Crippen molar-refractivity contribution in [1.82, 2.24) is 20.0 Å². The first-order chi connectivity index (χ1) is 13.6. The van der Waals surface area contributed by atoms with Crippen LogP contribution in [0.15, 0.2) is 34.7 Å². The number of hydrogen-bond acceptors (Lipinski definition) is 6. The number of amides is 2. The highest BCUT2D eigenvalue weighted by atomic mass is 16.4. The van der Waals surface area contributed by atoms with Crippen LogP contribution in [-0.4, -0.2) is 71.1 Å². The van der Waals surface area contributed by atoms with E-state index in [1.54, 1.807) is 6.92 Å². The van der Waals surface area contributed by atoms with Crippen molar-refractivity contribution in [2.75, 3.05) is 44.2 Å². The van der Waals surface area contributed by atoms with E-state index in [0.29, 0.717) is 56.7 Å². The van der Waals surface area contributed by atoms with Crippen molar-refractivity contribution in [3.05, 3.63) is 41.8 Å². The number of carbonyl (C=O) groups is 2. The van der Waals surface area contributed by atoms with Gasteiger partial charge < -0.3 is 19.1 Å². The fraction of sp³-hybridized carbons (Fsp3) is 0.500. The van der Waals surface area contributed by atoms with Gasteiger partial charge in [0.05, 0.1) is 0 Å². The molecule has 2 amide bonds. The summed E-state index contributed by atoms with van der Waals surface area (Å²) in [5.41, 5.74) is 0.708. The maximum absolute atomic E-state index is 12.9. The molecule has 0 saturated carbocycles. The summed E-state index contributed by atoms with van der Waals surface area (Å²) < 4.78 is 5.47. The third kappa shape index (κ3) is 3.85. The first kappa shape index (κ1) is 18.5. The second-order valence-corrected chi connectivity index (χ2v) is 7.35. The van der Waals surface area contributed by atoms with Gasteiger partial charge in [-0.3, -0.25) is 9.59 Å². The van der Waals surface area contributed by atoms with Gasteiger partial charge in [0.2, 0.25) is 11.8 Å². The first-order valence-corrected chi connectivity index (χ1v) is 9.80. The molecule has 2 aliphatic heterocycles. The van der Waals surface area contributed by atoms with Crippen LogP contribution in [0, 0.1) is 12.8 Å². The van der Waals surface area contributed by atoms with Gasteiger partial charge in [-0.1, -0.05) is 23.3 Å². The Bertz CT molecular complexity index is 821. The molecular formula is C20H25N5O3. The van der Waals surface area contributed by atoms with E-state index in [1.807, 2.05) is 45.0 Å². The second-order valence-electron chi connectivity index (χ2n) is 7.35. The number of anilines is 1. The Morgan fingerprint density at radius 1 is 0.929 bits per heavy atom. The van der Waals surface area contributed by atoms with Crippen LogP contribution in [0.5, 0.6) is 0 Å². The molecule has 8 nitrogen and oxygen atoms in total. The molecular weight excluding hydrogens is 358 g/mol. The molecule has 2 aliphatic rings. The largest absolute Gasteiger partial charge is 0.408 e. The lowest BCUT2D eigenvalue weighted by Crippen LogP contribution is -2.52. The summed E-state index contributed by atoms with van der Waals surface area (Å²) in [6.45, 7) is 5.73. The number of hydrogen-bond donors (Lipinski definition) is 0. The van der Waals surface area contributed by atoms with E-state index < -0.39 is 0 Å². The monoisotopic (exact) mass is 383 g/mol. The average Bonchev–Trinajstić information content (AvgIpc) is 3.20. The third-order valence-corrected chi connectivity index (χ3v) is 5.53. The summed E-state index contributed by atoms with van der Waals surface area (Å²) >= 11 is 0. The van der Waals surface area contributed by atoms with E-state index in [1.165, 1.54) is 0 Å². The number of piperazine rings is 1. The predicted molar refractivity (Wildman–Crippen MR) is 103 cm³/mol. The highest BCUT2D eigenvalue weighted by Crippen LogP contribution is 2.23. The number of rotatable bonds is 3. The van der Waals surface area contributed by atoms with Gasteiger partial charge in [0, 0.05) is 57.7 Å². The van der Waals surface area contributed by atoms with Crippen LogP contribution in [-0.2, 0) is 4.79 Å². The molecule has 0 atom stereocenters. The summed E-state index contributed by atoms with van der Waals surface area (Å²) in [6, 6.07) is 9.85. The lowest BCUT2D eigenvalue weighted by molar-refractivity contribution is -0.137. The molecule has 0 radical (unpaired) electrons. The van der Waals surface area contributed by atoms with E-state index in [-0.39, 0.29) is 17.7 Å². The lowest BCUT2D eigenvalue weighted by atomic mass is 9.94. The molecule has 3 heterocycles. The fourth-order valence-electron chi connectivity index (χ4n) is 3.88. The van der Waals surface area contributed by atoms with Crippen LogP contribution in [0.4, 0.5) is 6.01 Å². The van der Waals surface area contributed by atoms with Gasteiger partial charge >= 0.3 is 6.01 Å². The number of carbonyl (C=O) groups excluding carboxylic acids is 2. The number of aromatic nitrogens is 2. The van der Waals surface area contributed by atoms with Crippen molar-refractivity contribution in [2.24, 2.45) is 5.92 Å². The molecule has 0 unspecified atom stereocenters. The van der Waals surface area contributed by atoms with Gasteiger partial charge in [0.15, 0.2) is 0 Å². The normalized spacial score (nSPS) is 18.4. The Labute approximate surface area is 164 Å². The quantitative estimate of drug-likeness (QED) is 0.800. The number of likely N-dealkylation sites (tertiary alicyclic amines) is 1. The van der Waals surface area contributed by atoms with E-state index in [2.05, 4.69) is 10.2 Å². The van der Waals surface area contributed by atoms with Gasteiger partial charge in [-0.05, 0) is 25.0 Å². The zero-order valence-electron chi connectivity index (χ0n) is 16.1. The Morgan fingerprint density at radius 3 is 2.21 bits per heavy atom. The Morgan fingerprint density at radius 2 is 1.61 bits per heavy atom. The highest BCUT2D eigenvalue weighted by molar-refractivity contribution is 5.94. The van der Waals surface area contributed by atoms with Gasteiger partial charge in [-0.15, -0.1) is 5.10 Å². The SMILES string of the molecule is Cc1nnc(N2CCN(C(=O)C3CCN(C(=O)c4ccccc4)CC3)CC2)o1. The molecule has 2 fully saturated rings. The number of piperidine rings is 1. The van der Waals surface area contributed by atoms with Crippen LogP contribution < -0.4 is 4.90 Å². The second kappa shape index (κ2) is 8.00. The molecule has 2 saturated heterocycles. The van der Waals surface area contributed by atoms with Gasteiger partial charge in [-0.25, -0.2) is 0 Å². The van der Waals surface area contributed by atoms with Crippen LogP contribution in [0.1, 0.15) is 29.1 Å². The Kier molecular flexibility index (Phi) is 5.27. The molecule has 4 rings (SSSR count). The van der Waals surface area contributed by atoms with Crippen molar-refractivity contribution < 1.29 is 14.0 Å². The smallest absolute Gasteiger partial charge is 0.318 e. The van der Waals surface area contributed by atoms with Crippen LogP contribution >= 0.6 is 0 Å². The molecule has 1 aromatic carbocycles. The molecule has 148 valence electrons. The first-order valence-electron chi connectivity index (χ1n) is 9.80. The summed E-state index contributed by atoms with van der Waals surface area (Å²) in [7, 11) is 0. The van der Waals surface area contributed by atoms with Gasteiger partial charge in [0.1, 0.15) is 0 Å². The third-order valence-electron chi connectivity index (χ3n) is 5.53. The fourth-order valence-corrected chi connectivity index (χ4v) is 3.88. The Balaban J connectivity index is 1.27. The van der Waals surface area contributed by atoms with Crippen molar-refractivity contribution in [2.45, 2.75) is 19.8 Å². The number of benzene rings is 1. The minimum Gasteiger partial charge on any atom is -0.408 e. The summed E-state index contributed by atoms with van der Waals surface area (Å²) in [5, 5.41) is 7.91. The minimum absolute atomic E-state index is 0.00276. The standard InChI is InChI=1S/C20H25N5O3/c1-15-21-22-20(28-15)25-13-11-24(12-14-25)19(27)17-7-9-23(10-8-17)18(26)16-5-3-2-4-6-16/h2-6,17H,7-14H2,1H3. The zero-order chi connectivity index (χ0) is 19.5. The van der Waals surface area contributed by atoms with E-state index in [0.717, 1.165) is 12.8 Å². The van der Waals surface area contributed by atoms with Crippen molar-refractivity contribution in [1.29, 1.82) is 0 Å². The zero-order valence-corrected chi connectivity index (χ0v) is 16.1. The van der Waals surface area contributed by atoms with Crippen LogP contribution in [0.2, 0.25) is 0 Å². The van der Waals surface area contributed by atoms with E-state index >= 15 is 0 Å². The lowest BCUT2D eigenvalue weighted by Gasteiger charge is -2.38. The Hall–Kier alpha value is -2.90. The molecule has 0 N–H and O–H groups in total. The molecule has 2 aromatic rings. The highest BCUT2D eigenvalue weighted by Gasteiger charge is 2.32. The maximum Gasteiger partial charge on any atom is 0.318 e. The van der Waals surface area contributed by atoms with Crippen molar-refractivity contribution in [3.63, 3.8) is 0 Å². The van der Waals surface area contributed by atoms with E-state index in [4.69, 9.17) is 4.42 Å². The average molecular weight is 383 g/mol. The summed E-state index contributed by atoms with van der Waals surface area (Å²) in [4.78, 5) is 31.3. The molecule has 0 aliphatic carbocycles. The van der Waals surface area contributed by atoms with Crippen molar-refractivity contribution >= 4 is 17.8 Å². The molecule has 8 heteroatoms. The van der Waals surface area contributed by atoms with Crippen LogP contribution in [0.25, 0.3) is 0 Å². The minimum atomic E-state index is -0.00276. The number of nitrogens with zero attached hydrogens (tertiary/aromatic N) is 5. The molecule has 28 heavy (non-hydrogen) atoms. The maximum atomic E-state index is 12.9. The summed E-state index contributed by atoms with van der Waals surface area (Å²) in [6.07, 6.45) is 1.45. The summed E-state index contributed by atoms with van der Waals surface area (Å²) in [5.74, 6) is 0.797. The predicted octanol–water partition coefficient (Wildman–Crippen LogP) is 1.58. The van der Waals surface area contributed by atoms with Crippen molar-refractivity contribution in [3.8, 4) is 0 Å². The van der Waals surface area contributed by atoms with E-state index in [9.17, 15) is 9.59 Å². The molecule has 0 bridgehead atoms. The molecule has 1 aromatic heterocycles. The molecule has 0 spiro atoms. The van der Waals surface area contributed by atoms with Crippen LogP contribution in [0.3, 0.4) is 0 Å². The van der Waals surface area contributed by atoms with Gasteiger partial charge in [0.25, 0.3) is 5.91 Å². The topological polar surface area (TPSA) is 82.8 Å². The number of aryl methyl sites for hydroxylation is 1. The van der Waals surface area contributed by atoms with Gasteiger partial charge in [-0.2, -0.15) is 0 Å².